The number of H-pyrrole nitrogens is 1. The van der Waals surface area contributed by atoms with Gasteiger partial charge in [-0.2, -0.15) is 0 Å². The van der Waals surface area contributed by atoms with Crippen LogP contribution in [0.25, 0.3) is 32.9 Å². The molecule has 0 bridgehead atoms. The van der Waals surface area contributed by atoms with Crippen LogP contribution in [0.5, 0.6) is 5.75 Å². The van der Waals surface area contributed by atoms with E-state index in [9.17, 15) is 18.3 Å². The van der Waals surface area contributed by atoms with Gasteiger partial charge in [-0.15, -0.1) is 0 Å². The summed E-state index contributed by atoms with van der Waals surface area (Å²) in [5.41, 5.74) is 2.56. The molecule has 0 amide bonds. The second kappa shape index (κ2) is 7.53. The molecule has 2 aromatic heterocycles. The van der Waals surface area contributed by atoms with Gasteiger partial charge in [0.15, 0.2) is 5.69 Å². The van der Waals surface area contributed by atoms with Gasteiger partial charge in [-0.25, -0.2) is 17.2 Å². The number of aromatic carboxylic acids is 1. The lowest BCUT2D eigenvalue weighted by Crippen LogP contribution is -2.19. The predicted molar refractivity (Wildman–Crippen MR) is 127 cm³/mol. The van der Waals surface area contributed by atoms with Gasteiger partial charge < -0.3 is 14.8 Å². The highest BCUT2D eigenvalue weighted by atomic mass is 32.2. The molecule has 0 radical (unpaired) electrons. The van der Waals surface area contributed by atoms with Crippen LogP contribution in [0.2, 0.25) is 0 Å². The number of hydrogen-bond acceptors (Lipinski definition) is 4. The molecule has 5 aromatic rings. The van der Waals surface area contributed by atoms with Crippen LogP contribution < -0.4 is 4.74 Å². The zero-order chi connectivity index (χ0) is 23.3. The van der Waals surface area contributed by atoms with Crippen molar-refractivity contribution >= 4 is 37.8 Å². The Hall–Kier alpha value is -4.04. The van der Waals surface area contributed by atoms with Gasteiger partial charge in [-0.05, 0) is 43.3 Å². The summed E-state index contributed by atoms with van der Waals surface area (Å²) < 4.78 is 33.7. The maximum atomic E-state index is 13.7. The first-order valence-corrected chi connectivity index (χ1v) is 11.6. The molecular weight excluding hydrogens is 440 g/mol. The number of carboxylic acids is 1. The third-order valence-corrected chi connectivity index (χ3v) is 7.48. The van der Waals surface area contributed by atoms with E-state index in [4.69, 9.17) is 4.74 Å². The minimum absolute atomic E-state index is 0.0171. The number of nitrogens with one attached hydrogen (secondary N) is 1. The van der Waals surface area contributed by atoms with Gasteiger partial charge in [-0.3, -0.25) is 0 Å². The van der Waals surface area contributed by atoms with Crippen LogP contribution in [0.3, 0.4) is 0 Å². The van der Waals surface area contributed by atoms with Crippen molar-refractivity contribution in [2.45, 2.75) is 11.8 Å². The molecule has 2 N–H and O–H groups in total. The molecule has 0 aliphatic rings. The van der Waals surface area contributed by atoms with Crippen LogP contribution in [0.4, 0.5) is 0 Å². The Bertz CT molecular complexity index is 1640. The number of carbonyl (C=O) groups is 1. The molecule has 0 atom stereocenters. The molecule has 7 nitrogen and oxygen atoms in total. The van der Waals surface area contributed by atoms with E-state index in [1.807, 2.05) is 13.0 Å². The number of fused-ring (bicyclic) bond motifs is 2. The first kappa shape index (κ1) is 20.8. The Morgan fingerprint density at radius 3 is 2.42 bits per heavy atom. The van der Waals surface area contributed by atoms with E-state index in [2.05, 4.69) is 4.98 Å². The van der Waals surface area contributed by atoms with Gasteiger partial charge in [-0.1, -0.05) is 35.9 Å². The van der Waals surface area contributed by atoms with Crippen molar-refractivity contribution in [1.82, 2.24) is 8.96 Å². The molecule has 0 aliphatic carbocycles. The van der Waals surface area contributed by atoms with E-state index in [0.717, 1.165) is 20.4 Å². The number of benzene rings is 3. The number of hydrogen-bond donors (Lipinski definition) is 2. The van der Waals surface area contributed by atoms with Crippen molar-refractivity contribution in [3.8, 4) is 16.9 Å². The Kier molecular flexibility index (Phi) is 4.75. The van der Waals surface area contributed by atoms with Crippen LogP contribution in [-0.2, 0) is 10.0 Å². The normalized spacial score (nSPS) is 11.8. The Balaban J connectivity index is 1.91. The van der Waals surface area contributed by atoms with Gasteiger partial charge in [0, 0.05) is 33.6 Å². The molecule has 5 rings (SSSR count). The molecule has 0 spiro atoms. The van der Waals surface area contributed by atoms with Crippen molar-refractivity contribution < 1.29 is 23.1 Å². The quantitative estimate of drug-likeness (QED) is 0.383. The van der Waals surface area contributed by atoms with Crippen molar-refractivity contribution in [2.75, 3.05) is 7.11 Å². The number of carboxylic acid groups (broad SMARTS) is 1. The molecule has 0 fully saturated rings. The SMILES string of the molecule is COc1ccc2[nH]cc(-c3c(C(=O)O)n(S(=O)(=O)c4ccc(C)cc4)c4ccccc34)c2c1. The number of para-hydroxylation sites is 1. The predicted octanol–water partition coefficient (Wildman–Crippen LogP) is 5.04. The van der Waals surface area contributed by atoms with Gasteiger partial charge in [0.05, 0.1) is 17.5 Å². The second-order valence-electron chi connectivity index (χ2n) is 7.74. The van der Waals surface area contributed by atoms with E-state index >= 15 is 0 Å². The lowest BCUT2D eigenvalue weighted by atomic mass is 10.0. The van der Waals surface area contributed by atoms with E-state index in [-0.39, 0.29) is 10.6 Å². The monoisotopic (exact) mass is 460 g/mol. The number of methoxy groups -OCH3 is 1. The third kappa shape index (κ3) is 3.18. The van der Waals surface area contributed by atoms with Gasteiger partial charge in [0.1, 0.15) is 5.75 Å². The standard InChI is InChI=1S/C25H20N2O5S/c1-15-7-10-17(11-8-15)33(30,31)27-22-6-4-3-5-18(22)23(24(27)25(28)29)20-14-26-21-12-9-16(32-2)13-19(20)21/h3-14,26H,1-2H3,(H,28,29). The Morgan fingerprint density at radius 2 is 1.73 bits per heavy atom. The minimum atomic E-state index is -4.19. The Morgan fingerprint density at radius 1 is 1.00 bits per heavy atom. The zero-order valence-electron chi connectivity index (χ0n) is 17.9. The van der Waals surface area contributed by atoms with Crippen LogP contribution >= 0.6 is 0 Å². The molecule has 0 aliphatic heterocycles. The van der Waals surface area contributed by atoms with Crippen LogP contribution in [0.1, 0.15) is 16.1 Å². The smallest absolute Gasteiger partial charge is 0.354 e. The summed E-state index contributed by atoms with van der Waals surface area (Å²) >= 11 is 0. The lowest BCUT2D eigenvalue weighted by molar-refractivity contribution is 0.0690. The van der Waals surface area contributed by atoms with Crippen LogP contribution in [-0.4, -0.2) is 35.6 Å². The summed E-state index contributed by atoms with van der Waals surface area (Å²) in [6.07, 6.45) is 1.70. The first-order chi connectivity index (χ1) is 15.8. The first-order valence-electron chi connectivity index (χ1n) is 10.2. The zero-order valence-corrected chi connectivity index (χ0v) is 18.7. The fourth-order valence-corrected chi connectivity index (χ4v) is 5.70. The maximum Gasteiger partial charge on any atom is 0.354 e. The van der Waals surface area contributed by atoms with Crippen molar-refractivity contribution in [1.29, 1.82) is 0 Å². The summed E-state index contributed by atoms with van der Waals surface area (Å²) in [6, 6.07) is 18.6. The number of rotatable bonds is 5. The number of aromatic nitrogens is 2. The van der Waals surface area contributed by atoms with E-state index in [0.29, 0.717) is 27.8 Å². The number of nitrogens with zero attached hydrogens (tertiary/aromatic N) is 1. The number of aromatic amines is 1. The van der Waals surface area contributed by atoms with Crippen molar-refractivity contribution in [2.24, 2.45) is 0 Å². The van der Waals surface area contributed by atoms with Crippen molar-refractivity contribution in [3.63, 3.8) is 0 Å². The maximum absolute atomic E-state index is 13.7. The molecular formula is C25H20N2O5S. The van der Waals surface area contributed by atoms with Gasteiger partial charge in [0.2, 0.25) is 0 Å². The summed E-state index contributed by atoms with van der Waals surface area (Å²) in [7, 11) is -2.64. The highest BCUT2D eigenvalue weighted by molar-refractivity contribution is 7.90. The average Bonchev–Trinajstić information content (AvgIpc) is 3.38. The summed E-state index contributed by atoms with van der Waals surface area (Å²) in [5.74, 6) is -0.731. The second-order valence-corrected chi connectivity index (χ2v) is 9.53. The van der Waals surface area contributed by atoms with E-state index < -0.39 is 16.0 Å². The highest BCUT2D eigenvalue weighted by Crippen LogP contribution is 2.41. The van der Waals surface area contributed by atoms with Crippen LogP contribution in [0, 0.1) is 6.92 Å². The molecule has 0 unspecified atom stereocenters. The largest absolute Gasteiger partial charge is 0.497 e. The van der Waals surface area contributed by atoms with E-state index in [1.165, 1.54) is 12.1 Å². The fraction of sp³-hybridized carbons (Fsp3) is 0.0800. The molecule has 8 heteroatoms. The van der Waals surface area contributed by atoms with Crippen molar-refractivity contribution in [3.05, 3.63) is 84.2 Å². The van der Waals surface area contributed by atoms with Crippen LogP contribution in [0.15, 0.2) is 77.8 Å². The highest BCUT2D eigenvalue weighted by Gasteiger charge is 2.32. The number of aryl methyl sites for hydroxylation is 1. The average molecular weight is 461 g/mol. The molecule has 3 aromatic carbocycles. The summed E-state index contributed by atoms with van der Waals surface area (Å²) in [6.45, 7) is 1.85. The molecule has 0 saturated heterocycles. The molecule has 2 heterocycles. The molecule has 0 saturated carbocycles. The minimum Gasteiger partial charge on any atom is -0.497 e. The topological polar surface area (TPSA) is 101 Å². The Labute approximate surface area is 189 Å². The van der Waals surface area contributed by atoms with E-state index in [1.54, 1.807) is 61.8 Å². The third-order valence-electron chi connectivity index (χ3n) is 5.75. The van der Waals surface area contributed by atoms with Gasteiger partial charge >= 0.3 is 5.97 Å². The summed E-state index contributed by atoms with van der Waals surface area (Å²) in [5, 5.41) is 11.5. The summed E-state index contributed by atoms with van der Waals surface area (Å²) in [4.78, 5) is 15.7. The number of ether oxygens (including phenoxy) is 1. The molecule has 166 valence electrons. The fourth-order valence-electron chi connectivity index (χ4n) is 4.18. The lowest BCUT2D eigenvalue weighted by Gasteiger charge is -2.11. The molecule has 33 heavy (non-hydrogen) atoms. The van der Waals surface area contributed by atoms with Gasteiger partial charge in [0.25, 0.3) is 10.0 Å².